The normalized spacial score (nSPS) is 10.7. The van der Waals surface area contributed by atoms with Crippen LogP contribution in [0.15, 0.2) is 28.9 Å². The molecule has 0 amide bonds. The van der Waals surface area contributed by atoms with Gasteiger partial charge >= 0.3 is 0 Å². The van der Waals surface area contributed by atoms with Crippen molar-refractivity contribution in [1.29, 1.82) is 0 Å². The summed E-state index contributed by atoms with van der Waals surface area (Å²) in [7, 11) is 0. The maximum Gasteiger partial charge on any atom is 0.213 e. The number of rotatable bonds is 4. The van der Waals surface area contributed by atoms with Gasteiger partial charge in [-0.25, -0.2) is 0 Å². The van der Waals surface area contributed by atoms with Gasteiger partial charge in [-0.2, -0.15) is 5.10 Å². The highest BCUT2D eigenvalue weighted by Crippen LogP contribution is 2.26. The van der Waals surface area contributed by atoms with Crippen LogP contribution in [0.5, 0.6) is 0 Å². The minimum atomic E-state index is -0.167. The Morgan fingerprint density at radius 1 is 1.42 bits per heavy atom. The maximum atomic E-state index is 12.5. The summed E-state index contributed by atoms with van der Waals surface area (Å²) in [5.41, 5.74) is 0.927. The molecule has 0 saturated heterocycles. The number of hydrogen-bond acceptors (Lipinski definition) is 2. The summed E-state index contributed by atoms with van der Waals surface area (Å²) in [5, 5.41) is 5.02. The number of halogens is 3. The molecule has 2 aromatic rings. The third kappa shape index (κ3) is 3.02. The van der Waals surface area contributed by atoms with Gasteiger partial charge in [-0.3, -0.25) is 9.48 Å². The zero-order chi connectivity index (χ0) is 14.0. The van der Waals surface area contributed by atoms with E-state index in [4.69, 9.17) is 23.2 Å². The molecule has 0 atom stereocenters. The van der Waals surface area contributed by atoms with E-state index in [9.17, 15) is 4.79 Å². The molecule has 19 heavy (non-hydrogen) atoms. The first-order valence-electron chi connectivity index (χ1n) is 5.75. The number of carbonyl (C=O) groups excluding carboxylic acids is 1. The smallest absolute Gasteiger partial charge is 0.213 e. The van der Waals surface area contributed by atoms with E-state index in [1.807, 2.05) is 6.92 Å². The van der Waals surface area contributed by atoms with Crippen molar-refractivity contribution >= 4 is 44.9 Å². The first kappa shape index (κ1) is 14.6. The zero-order valence-electron chi connectivity index (χ0n) is 10.2. The maximum absolute atomic E-state index is 12.5. The number of aryl methyl sites for hydroxylation is 1. The van der Waals surface area contributed by atoms with Gasteiger partial charge < -0.3 is 0 Å². The van der Waals surface area contributed by atoms with Crippen molar-refractivity contribution in [1.82, 2.24) is 9.78 Å². The van der Waals surface area contributed by atoms with Gasteiger partial charge in [-0.15, -0.1) is 0 Å². The minimum absolute atomic E-state index is 0.167. The molecule has 0 fully saturated rings. The second-order valence-electron chi connectivity index (χ2n) is 4.02. The second-order valence-corrected chi connectivity index (χ2v) is 5.72. The number of nitrogens with zero attached hydrogens (tertiary/aromatic N) is 2. The lowest BCUT2D eigenvalue weighted by atomic mass is 10.1. The topological polar surface area (TPSA) is 34.9 Å². The summed E-state index contributed by atoms with van der Waals surface area (Å²) in [6, 6.07) is 4.84. The molecule has 2 rings (SSSR count). The van der Waals surface area contributed by atoms with Crippen molar-refractivity contribution in [3.8, 4) is 0 Å². The van der Waals surface area contributed by atoms with E-state index in [0.29, 0.717) is 32.3 Å². The Kier molecular flexibility index (Phi) is 4.66. The van der Waals surface area contributed by atoms with Gasteiger partial charge in [0, 0.05) is 17.1 Å². The molecular weight excluding hydrogens is 351 g/mol. The van der Waals surface area contributed by atoms with E-state index in [0.717, 1.165) is 6.42 Å². The SMILES string of the molecule is CCCn1ncc(Br)c1C(=O)c1ccc(Cl)cc1Cl. The lowest BCUT2D eigenvalue weighted by molar-refractivity contribution is 0.102. The molecule has 0 bridgehead atoms. The number of hydrogen-bond donors (Lipinski definition) is 0. The Balaban J connectivity index is 2.46. The molecule has 0 N–H and O–H groups in total. The number of benzene rings is 1. The molecule has 1 heterocycles. The Labute approximate surface area is 129 Å². The van der Waals surface area contributed by atoms with Crippen LogP contribution in [-0.2, 0) is 6.54 Å². The highest BCUT2D eigenvalue weighted by Gasteiger charge is 2.20. The van der Waals surface area contributed by atoms with Crippen LogP contribution in [0.25, 0.3) is 0 Å². The average Bonchev–Trinajstić information content (AvgIpc) is 2.70. The average molecular weight is 362 g/mol. The largest absolute Gasteiger partial charge is 0.287 e. The standard InChI is InChI=1S/C13H11BrCl2N2O/c1-2-5-18-12(10(14)7-17-18)13(19)9-4-3-8(15)6-11(9)16/h3-4,6-7H,2,5H2,1H3. The molecule has 0 unspecified atom stereocenters. The van der Waals surface area contributed by atoms with Gasteiger partial charge in [0.1, 0.15) is 5.69 Å². The summed E-state index contributed by atoms with van der Waals surface area (Å²) in [6.07, 6.45) is 2.51. The van der Waals surface area contributed by atoms with Crippen molar-refractivity contribution < 1.29 is 4.79 Å². The summed E-state index contributed by atoms with van der Waals surface area (Å²) >= 11 is 15.3. The monoisotopic (exact) mass is 360 g/mol. The molecule has 0 saturated carbocycles. The van der Waals surface area contributed by atoms with Gasteiger partial charge in [0.15, 0.2) is 0 Å². The highest BCUT2D eigenvalue weighted by atomic mass is 79.9. The lowest BCUT2D eigenvalue weighted by Gasteiger charge is -2.07. The molecule has 1 aromatic heterocycles. The Bertz CT molecular complexity index is 625. The van der Waals surface area contributed by atoms with Gasteiger partial charge in [-0.05, 0) is 40.5 Å². The Morgan fingerprint density at radius 2 is 2.16 bits per heavy atom. The van der Waals surface area contributed by atoms with Gasteiger partial charge in [0.2, 0.25) is 5.78 Å². The fraction of sp³-hybridized carbons (Fsp3) is 0.231. The van der Waals surface area contributed by atoms with Crippen LogP contribution >= 0.6 is 39.1 Å². The number of ketones is 1. The van der Waals surface area contributed by atoms with Crippen molar-refractivity contribution in [2.75, 3.05) is 0 Å². The van der Waals surface area contributed by atoms with Crippen LogP contribution in [0.4, 0.5) is 0 Å². The van der Waals surface area contributed by atoms with E-state index < -0.39 is 0 Å². The second kappa shape index (κ2) is 6.07. The summed E-state index contributed by atoms with van der Waals surface area (Å²) in [6.45, 7) is 2.71. The summed E-state index contributed by atoms with van der Waals surface area (Å²) in [4.78, 5) is 12.5. The van der Waals surface area contributed by atoms with Gasteiger partial charge in [0.05, 0.1) is 15.7 Å². The zero-order valence-corrected chi connectivity index (χ0v) is 13.3. The van der Waals surface area contributed by atoms with E-state index in [-0.39, 0.29) is 5.78 Å². The molecule has 3 nitrogen and oxygen atoms in total. The quantitative estimate of drug-likeness (QED) is 0.746. The molecule has 0 radical (unpaired) electrons. The van der Waals surface area contributed by atoms with Crippen LogP contribution in [0, 0.1) is 0 Å². The fourth-order valence-electron chi connectivity index (χ4n) is 1.77. The molecule has 0 aliphatic rings. The van der Waals surface area contributed by atoms with Crippen LogP contribution in [0.1, 0.15) is 29.4 Å². The number of carbonyl (C=O) groups is 1. The molecule has 0 aliphatic heterocycles. The van der Waals surface area contributed by atoms with E-state index >= 15 is 0 Å². The van der Waals surface area contributed by atoms with Gasteiger partial charge in [-0.1, -0.05) is 30.1 Å². The van der Waals surface area contributed by atoms with Crippen molar-refractivity contribution in [3.63, 3.8) is 0 Å². The van der Waals surface area contributed by atoms with E-state index in [1.54, 1.807) is 29.1 Å². The van der Waals surface area contributed by atoms with Crippen LogP contribution in [0.2, 0.25) is 10.0 Å². The van der Waals surface area contributed by atoms with Crippen LogP contribution in [0.3, 0.4) is 0 Å². The van der Waals surface area contributed by atoms with Crippen molar-refractivity contribution in [2.45, 2.75) is 19.9 Å². The first-order chi connectivity index (χ1) is 9.04. The molecular formula is C13H11BrCl2N2O. The molecule has 0 aliphatic carbocycles. The minimum Gasteiger partial charge on any atom is -0.287 e. The van der Waals surface area contributed by atoms with E-state index in [1.165, 1.54) is 0 Å². The van der Waals surface area contributed by atoms with Crippen molar-refractivity contribution in [3.05, 3.63) is 50.2 Å². The Hall–Kier alpha value is -0.840. The van der Waals surface area contributed by atoms with Gasteiger partial charge in [0.25, 0.3) is 0 Å². The summed E-state index contributed by atoms with van der Waals surface area (Å²) < 4.78 is 2.34. The highest BCUT2D eigenvalue weighted by molar-refractivity contribution is 9.10. The fourth-order valence-corrected chi connectivity index (χ4v) is 2.74. The van der Waals surface area contributed by atoms with Crippen LogP contribution in [-0.4, -0.2) is 15.6 Å². The third-order valence-corrected chi connectivity index (χ3v) is 3.75. The van der Waals surface area contributed by atoms with Crippen molar-refractivity contribution in [2.24, 2.45) is 0 Å². The molecule has 1 aromatic carbocycles. The predicted molar refractivity (Wildman–Crippen MR) is 80.1 cm³/mol. The lowest BCUT2D eigenvalue weighted by Crippen LogP contribution is -2.12. The predicted octanol–water partition coefficient (Wildman–Crippen LogP) is 4.59. The van der Waals surface area contributed by atoms with E-state index in [2.05, 4.69) is 21.0 Å². The molecule has 100 valence electrons. The third-order valence-electron chi connectivity index (χ3n) is 2.62. The Morgan fingerprint density at radius 3 is 2.79 bits per heavy atom. The molecule has 6 heteroatoms. The number of aromatic nitrogens is 2. The first-order valence-corrected chi connectivity index (χ1v) is 7.30. The molecule has 0 spiro atoms. The van der Waals surface area contributed by atoms with Crippen LogP contribution < -0.4 is 0 Å². The summed E-state index contributed by atoms with van der Waals surface area (Å²) in [5.74, 6) is -0.167.